The van der Waals surface area contributed by atoms with Gasteiger partial charge in [0.25, 0.3) is 0 Å². The predicted molar refractivity (Wildman–Crippen MR) is 87.7 cm³/mol. The van der Waals surface area contributed by atoms with Crippen LogP contribution in [0.15, 0.2) is 0 Å². The van der Waals surface area contributed by atoms with Crippen molar-refractivity contribution in [1.29, 1.82) is 0 Å². The van der Waals surface area contributed by atoms with Crippen molar-refractivity contribution in [1.82, 2.24) is 15.1 Å². The zero-order chi connectivity index (χ0) is 16.0. The quantitative estimate of drug-likeness (QED) is 0.758. The Bertz CT molecular complexity index is 461. The summed E-state index contributed by atoms with van der Waals surface area (Å²) < 4.78 is 23.5. The topological polar surface area (TPSA) is 69.7 Å². The van der Waals surface area contributed by atoms with Gasteiger partial charge < -0.3 is 15.1 Å². The molecule has 0 aromatic rings. The lowest BCUT2D eigenvalue weighted by Crippen LogP contribution is -2.44. The van der Waals surface area contributed by atoms with Crippen LogP contribution in [-0.2, 0) is 9.84 Å². The maximum absolute atomic E-state index is 12.2. The minimum atomic E-state index is -2.98. The normalized spacial score (nSPS) is 24.5. The number of hydrogen-bond acceptors (Lipinski definition) is 4. The predicted octanol–water partition coefficient (Wildman–Crippen LogP) is 1.08. The van der Waals surface area contributed by atoms with Crippen LogP contribution in [0.5, 0.6) is 0 Å². The first kappa shape index (κ1) is 17.5. The SMILES string of the molecule is CCN(CCCN1CCCC1)C(=O)NC[C@@H]1CCCS1(=O)=O. The summed E-state index contributed by atoms with van der Waals surface area (Å²) >= 11 is 0. The van der Waals surface area contributed by atoms with E-state index in [0.717, 1.165) is 25.9 Å². The second-order valence-electron chi connectivity index (χ2n) is 6.30. The van der Waals surface area contributed by atoms with Gasteiger partial charge in [-0.1, -0.05) is 0 Å². The molecule has 0 radical (unpaired) electrons. The van der Waals surface area contributed by atoms with Crippen molar-refractivity contribution in [3.8, 4) is 0 Å². The molecule has 2 aliphatic heterocycles. The Morgan fingerprint density at radius 3 is 2.59 bits per heavy atom. The van der Waals surface area contributed by atoms with Crippen molar-refractivity contribution in [2.24, 2.45) is 0 Å². The van der Waals surface area contributed by atoms with Crippen molar-refractivity contribution < 1.29 is 13.2 Å². The molecule has 0 aliphatic carbocycles. The molecule has 22 heavy (non-hydrogen) atoms. The van der Waals surface area contributed by atoms with Gasteiger partial charge in [-0.15, -0.1) is 0 Å². The number of amides is 2. The van der Waals surface area contributed by atoms with E-state index < -0.39 is 9.84 Å². The summed E-state index contributed by atoms with van der Waals surface area (Å²) in [5.74, 6) is 0.265. The van der Waals surface area contributed by atoms with Crippen LogP contribution in [0.25, 0.3) is 0 Å². The molecule has 0 bridgehead atoms. The summed E-state index contributed by atoms with van der Waals surface area (Å²) in [7, 11) is -2.98. The van der Waals surface area contributed by atoms with E-state index in [1.54, 1.807) is 4.90 Å². The average molecular weight is 331 g/mol. The van der Waals surface area contributed by atoms with E-state index in [1.807, 2.05) is 6.92 Å². The number of carbonyl (C=O) groups is 1. The van der Waals surface area contributed by atoms with Crippen molar-refractivity contribution in [2.75, 3.05) is 45.0 Å². The Hall–Kier alpha value is -0.820. The highest BCUT2D eigenvalue weighted by Crippen LogP contribution is 2.19. The van der Waals surface area contributed by atoms with Crippen LogP contribution >= 0.6 is 0 Å². The molecule has 7 heteroatoms. The molecule has 0 aromatic heterocycles. The third kappa shape index (κ3) is 4.84. The third-order valence-electron chi connectivity index (χ3n) is 4.71. The van der Waals surface area contributed by atoms with Crippen LogP contribution < -0.4 is 5.32 Å². The van der Waals surface area contributed by atoms with Gasteiger partial charge in [0.05, 0.1) is 11.0 Å². The molecule has 0 saturated carbocycles. The molecule has 2 saturated heterocycles. The van der Waals surface area contributed by atoms with E-state index in [0.29, 0.717) is 13.0 Å². The van der Waals surface area contributed by atoms with Crippen LogP contribution in [0.4, 0.5) is 4.79 Å². The second kappa shape index (κ2) is 8.15. The fraction of sp³-hybridized carbons (Fsp3) is 0.933. The summed E-state index contributed by atoms with van der Waals surface area (Å²) in [6.07, 6.45) is 4.94. The van der Waals surface area contributed by atoms with Crippen molar-refractivity contribution in [3.05, 3.63) is 0 Å². The molecule has 0 aromatic carbocycles. The molecule has 0 spiro atoms. The minimum Gasteiger partial charge on any atom is -0.337 e. The van der Waals surface area contributed by atoms with E-state index >= 15 is 0 Å². The van der Waals surface area contributed by atoms with E-state index in [1.165, 1.54) is 25.9 Å². The van der Waals surface area contributed by atoms with Crippen LogP contribution in [0.2, 0.25) is 0 Å². The number of hydrogen-bond donors (Lipinski definition) is 1. The Morgan fingerprint density at radius 2 is 2.00 bits per heavy atom. The highest BCUT2D eigenvalue weighted by molar-refractivity contribution is 7.92. The number of nitrogens with one attached hydrogen (secondary N) is 1. The van der Waals surface area contributed by atoms with Gasteiger partial charge in [0, 0.05) is 19.6 Å². The van der Waals surface area contributed by atoms with Gasteiger partial charge in [0.1, 0.15) is 0 Å². The minimum absolute atomic E-state index is 0.133. The van der Waals surface area contributed by atoms with Gasteiger partial charge in [-0.05, 0) is 58.7 Å². The Balaban J connectivity index is 1.69. The van der Waals surface area contributed by atoms with E-state index in [-0.39, 0.29) is 23.6 Å². The van der Waals surface area contributed by atoms with E-state index in [4.69, 9.17) is 0 Å². The first-order valence-electron chi connectivity index (χ1n) is 8.49. The number of sulfone groups is 1. The van der Waals surface area contributed by atoms with Gasteiger partial charge in [0.15, 0.2) is 9.84 Å². The van der Waals surface area contributed by atoms with Gasteiger partial charge in [-0.25, -0.2) is 13.2 Å². The molecule has 2 aliphatic rings. The molecule has 2 fully saturated rings. The summed E-state index contributed by atoms with van der Waals surface area (Å²) in [5.41, 5.74) is 0. The molecule has 6 nitrogen and oxygen atoms in total. The lowest BCUT2D eigenvalue weighted by Gasteiger charge is -2.23. The lowest BCUT2D eigenvalue weighted by atomic mass is 10.2. The smallest absolute Gasteiger partial charge is 0.317 e. The molecule has 1 atom stereocenters. The van der Waals surface area contributed by atoms with E-state index in [2.05, 4.69) is 10.2 Å². The fourth-order valence-electron chi connectivity index (χ4n) is 3.30. The van der Waals surface area contributed by atoms with Crippen molar-refractivity contribution in [2.45, 2.75) is 44.3 Å². The molecular weight excluding hydrogens is 302 g/mol. The Labute approximate surface area is 134 Å². The lowest BCUT2D eigenvalue weighted by molar-refractivity contribution is 0.196. The highest BCUT2D eigenvalue weighted by atomic mass is 32.2. The fourth-order valence-corrected chi connectivity index (χ4v) is 5.06. The molecule has 2 rings (SSSR count). The van der Waals surface area contributed by atoms with Crippen LogP contribution in [-0.4, -0.2) is 74.5 Å². The van der Waals surface area contributed by atoms with Crippen LogP contribution in [0.1, 0.15) is 39.0 Å². The van der Waals surface area contributed by atoms with Gasteiger partial charge in [-0.2, -0.15) is 0 Å². The summed E-state index contributed by atoms with van der Waals surface area (Å²) in [5, 5.41) is 2.41. The summed E-state index contributed by atoms with van der Waals surface area (Å²) in [6, 6.07) is -0.133. The monoisotopic (exact) mass is 331 g/mol. The molecule has 128 valence electrons. The highest BCUT2D eigenvalue weighted by Gasteiger charge is 2.31. The van der Waals surface area contributed by atoms with Gasteiger partial charge >= 0.3 is 6.03 Å². The summed E-state index contributed by atoms with van der Waals surface area (Å²) in [4.78, 5) is 16.4. The maximum Gasteiger partial charge on any atom is 0.317 e. The molecule has 0 unspecified atom stereocenters. The Morgan fingerprint density at radius 1 is 1.27 bits per heavy atom. The molecule has 2 amide bonds. The standard InChI is InChI=1S/C15H29N3O3S/c1-2-18(11-6-10-17-8-3-4-9-17)15(19)16-13-14-7-5-12-22(14,20)21/h14H,2-13H2,1H3,(H,16,19)/t14-/m0/s1. The first-order valence-corrected chi connectivity index (χ1v) is 10.2. The molecule has 2 heterocycles. The van der Waals surface area contributed by atoms with Crippen molar-refractivity contribution in [3.63, 3.8) is 0 Å². The maximum atomic E-state index is 12.2. The summed E-state index contributed by atoms with van der Waals surface area (Å²) in [6.45, 7) is 7.00. The van der Waals surface area contributed by atoms with E-state index in [9.17, 15) is 13.2 Å². The van der Waals surface area contributed by atoms with Gasteiger partial charge in [-0.3, -0.25) is 0 Å². The van der Waals surface area contributed by atoms with Crippen LogP contribution in [0.3, 0.4) is 0 Å². The largest absolute Gasteiger partial charge is 0.337 e. The number of rotatable bonds is 7. The van der Waals surface area contributed by atoms with Gasteiger partial charge in [0.2, 0.25) is 0 Å². The average Bonchev–Trinajstić information content (AvgIpc) is 3.10. The number of likely N-dealkylation sites (tertiary alicyclic amines) is 1. The Kier molecular flexibility index (Phi) is 6.50. The second-order valence-corrected chi connectivity index (χ2v) is 8.70. The zero-order valence-electron chi connectivity index (χ0n) is 13.6. The molecular formula is C15H29N3O3S. The first-order chi connectivity index (χ1) is 10.5. The number of urea groups is 1. The zero-order valence-corrected chi connectivity index (χ0v) is 14.4. The number of nitrogens with zero attached hydrogens (tertiary/aromatic N) is 2. The molecule has 1 N–H and O–H groups in total. The van der Waals surface area contributed by atoms with Crippen LogP contribution in [0, 0.1) is 0 Å². The number of carbonyl (C=O) groups excluding carboxylic acids is 1. The van der Waals surface area contributed by atoms with Crippen molar-refractivity contribution >= 4 is 15.9 Å². The third-order valence-corrected chi connectivity index (χ3v) is 6.99.